The number of nitrogens with one attached hydrogen (secondary N) is 1. The summed E-state index contributed by atoms with van der Waals surface area (Å²) in [5.41, 5.74) is 8.09. The van der Waals surface area contributed by atoms with Crippen LogP contribution in [0.4, 0.5) is 0 Å². The number of hydrogen-bond donors (Lipinski definition) is 1. The average Bonchev–Trinajstić information content (AvgIpc) is 3.54. The zero-order valence-electron chi connectivity index (χ0n) is 21.0. The van der Waals surface area contributed by atoms with E-state index in [2.05, 4.69) is 66.7 Å². The largest absolute Gasteiger partial charge is 0.380 e. The highest BCUT2D eigenvalue weighted by Gasteiger charge is 2.20. The summed E-state index contributed by atoms with van der Waals surface area (Å²) >= 11 is 3.92. The lowest BCUT2D eigenvalue weighted by atomic mass is 9.99. The first-order valence-electron chi connectivity index (χ1n) is 13.3. The van der Waals surface area contributed by atoms with Gasteiger partial charge >= 0.3 is 0 Å². The van der Waals surface area contributed by atoms with Gasteiger partial charge in [0.25, 0.3) is 0 Å². The van der Waals surface area contributed by atoms with Crippen LogP contribution < -0.4 is 5.32 Å². The topological polar surface area (TPSA) is 24.9 Å². The lowest BCUT2D eigenvalue weighted by Gasteiger charge is -2.18. The van der Waals surface area contributed by atoms with Crippen molar-refractivity contribution in [3.05, 3.63) is 69.2 Å². The van der Waals surface area contributed by atoms with Crippen molar-refractivity contribution in [2.75, 3.05) is 12.3 Å². The van der Waals surface area contributed by atoms with Gasteiger partial charge in [-0.2, -0.15) is 0 Å². The number of pyridine rings is 1. The normalized spacial score (nSPS) is 15.9. The second-order valence-electron chi connectivity index (χ2n) is 9.46. The highest BCUT2D eigenvalue weighted by atomic mass is 32.2. The minimum absolute atomic E-state index is 0.877. The summed E-state index contributed by atoms with van der Waals surface area (Å²) in [6.45, 7) is 5.44. The Morgan fingerprint density at radius 2 is 1.79 bits per heavy atom. The molecule has 4 rings (SSSR count). The molecule has 2 nitrogen and oxygen atoms in total. The van der Waals surface area contributed by atoms with Gasteiger partial charge in [0.15, 0.2) is 0 Å². The average molecular weight is 493 g/mol. The molecule has 1 N–H and O–H groups in total. The second kappa shape index (κ2) is 13.3. The predicted molar refractivity (Wildman–Crippen MR) is 152 cm³/mol. The van der Waals surface area contributed by atoms with Crippen molar-refractivity contribution in [1.29, 1.82) is 0 Å². The zero-order valence-corrected chi connectivity index (χ0v) is 22.6. The molecule has 0 saturated heterocycles. The minimum Gasteiger partial charge on any atom is -0.380 e. The molecular formula is C30H40N2S2. The third kappa shape index (κ3) is 6.66. The van der Waals surface area contributed by atoms with Crippen LogP contribution in [0.1, 0.15) is 89.3 Å². The Bertz CT molecular complexity index is 1030. The Morgan fingerprint density at radius 3 is 2.62 bits per heavy atom. The first-order chi connectivity index (χ1) is 16.8. The molecule has 0 bridgehead atoms. The van der Waals surface area contributed by atoms with Crippen molar-refractivity contribution in [3.63, 3.8) is 0 Å². The first-order valence-corrected chi connectivity index (χ1v) is 15.2. The smallest absolute Gasteiger partial charge is 0.0867 e. The van der Waals surface area contributed by atoms with Gasteiger partial charge in [0, 0.05) is 28.3 Å². The molecule has 0 aromatic carbocycles. The van der Waals surface area contributed by atoms with Crippen LogP contribution in [-0.2, 0) is 6.42 Å². The third-order valence-electron chi connectivity index (χ3n) is 6.82. The second-order valence-corrected chi connectivity index (χ2v) is 11.5. The van der Waals surface area contributed by atoms with Crippen LogP contribution in [0.2, 0.25) is 0 Å². The Morgan fingerprint density at radius 1 is 0.971 bits per heavy atom. The molecule has 4 heteroatoms. The van der Waals surface area contributed by atoms with E-state index in [1.165, 1.54) is 98.0 Å². The molecule has 2 aromatic rings. The number of rotatable bonds is 13. The van der Waals surface area contributed by atoms with E-state index in [9.17, 15) is 0 Å². The highest BCUT2D eigenvalue weighted by Crippen LogP contribution is 2.41. The van der Waals surface area contributed by atoms with Crippen molar-refractivity contribution in [2.24, 2.45) is 0 Å². The van der Waals surface area contributed by atoms with E-state index in [4.69, 9.17) is 4.98 Å². The molecule has 0 aliphatic carbocycles. The van der Waals surface area contributed by atoms with E-state index in [0.717, 1.165) is 17.9 Å². The van der Waals surface area contributed by atoms with Gasteiger partial charge in [-0.3, -0.25) is 4.98 Å². The van der Waals surface area contributed by atoms with Crippen LogP contribution in [0, 0.1) is 0 Å². The zero-order chi connectivity index (χ0) is 23.6. The van der Waals surface area contributed by atoms with E-state index >= 15 is 0 Å². The van der Waals surface area contributed by atoms with E-state index in [-0.39, 0.29) is 0 Å². The van der Waals surface area contributed by atoms with Crippen molar-refractivity contribution in [3.8, 4) is 10.4 Å². The molecule has 0 fully saturated rings. The fraction of sp³-hybridized carbons (Fsp3) is 0.500. The van der Waals surface area contributed by atoms with E-state index in [1.807, 2.05) is 17.5 Å². The van der Waals surface area contributed by atoms with Crippen LogP contribution in [0.5, 0.6) is 0 Å². The Labute approximate surface area is 215 Å². The number of thiophene rings is 1. The minimum atomic E-state index is 0.877. The summed E-state index contributed by atoms with van der Waals surface area (Å²) in [5, 5.41) is 5.84. The molecule has 2 aliphatic rings. The number of thioether (sulfide) groups is 1. The van der Waals surface area contributed by atoms with Crippen molar-refractivity contribution < 1.29 is 0 Å². The van der Waals surface area contributed by atoms with Crippen LogP contribution in [0.25, 0.3) is 16.1 Å². The molecule has 0 atom stereocenters. The molecule has 34 heavy (non-hydrogen) atoms. The summed E-state index contributed by atoms with van der Waals surface area (Å²) in [6.07, 6.45) is 21.0. The molecule has 4 heterocycles. The molecule has 0 radical (unpaired) electrons. The number of unbranched alkanes of at least 4 members (excludes halogenated alkanes) is 6. The van der Waals surface area contributed by atoms with Gasteiger partial charge in [-0.25, -0.2) is 0 Å². The SMILES string of the molecule is CCCCCCC1=C(C2=CCNC(c3cc(-c4sccc4CCCCCC)ccn3)=C2)SCC1. The summed E-state index contributed by atoms with van der Waals surface area (Å²) in [4.78, 5) is 7.72. The van der Waals surface area contributed by atoms with Crippen molar-refractivity contribution in [2.45, 2.75) is 84.5 Å². The van der Waals surface area contributed by atoms with Crippen LogP contribution in [-0.4, -0.2) is 17.3 Å². The molecule has 0 spiro atoms. The number of allylic oxidation sites excluding steroid dienone is 3. The standard InChI is InChI=1S/C30H40N2S2/c1-3-5-7-9-11-23-15-19-33-29(23)25-13-17-31-27(21-25)28-22-26(14-18-32-28)30-24(16-20-34-30)12-10-8-6-4-2/h13-15,17,19,21-22,32H,3-12,16,18,20H2,1-2H3. The number of dihydropyridines is 1. The number of aryl methyl sites for hydroxylation is 1. The maximum atomic E-state index is 4.76. The fourth-order valence-electron chi connectivity index (χ4n) is 4.89. The van der Waals surface area contributed by atoms with Crippen LogP contribution in [0.3, 0.4) is 0 Å². The Hall–Kier alpha value is -1.78. The van der Waals surface area contributed by atoms with E-state index in [0.29, 0.717) is 0 Å². The molecule has 0 saturated carbocycles. The highest BCUT2D eigenvalue weighted by molar-refractivity contribution is 8.03. The van der Waals surface area contributed by atoms with Gasteiger partial charge < -0.3 is 5.32 Å². The Kier molecular flexibility index (Phi) is 9.94. The number of aromatic nitrogens is 1. The summed E-state index contributed by atoms with van der Waals surface area (Å²) < 4.78 is 0. The quantitative estimate of drug-likeness (QED) is 0.282. The van der Waals surface area contributed by atoms with Gasteiger partial charge in [-0.15, -0.1) is 23.1 Å². The third-order valence-corrected chi connectivity index (χ3v) is 9.05. The fourth-order valence-corrected chi connectivity index (χ4v) is 7.11. The van der Waals surface area contributed by atoms with E-state index in [1.54, 1.807) is 10.5 Å². The van der Waals surface area contributed by atoms with Crippen molar-refractivity contribution in [1.82, 2.24) is 10.3 Å². The molecule has 2 aromatic heterocycles. The maximum absolute atomic E-state index is 4.76. The Balaban J connectivity index is 1.50. The van der Waals surface area contributed by atoms with Gasteiger partial charge in [0.2, 0.25) is 0 Å². The number of hydrogen-bond acceptors (Lipinski definition) is 4. The lowest BCUT2D eigenvalue weighted by Crippen LogP contribution is -2.17. The van der Waals surface area contributed by atoms with Crippen LogP contribution in [0.15, 0.2) is 58.0 Å². The van der Waals surface area contributed by atoms with Gasteiger partial charge in [0.1, 0.15) is 0 Å². The van der Waals surface area contributed by atoms with Crippen molar-refractivity contribution >= 4 is 28.8 Å². The molecule has 2 aliphatic heterocycles. The summed E-state index contributed by atoms with van der Waals surface area (Å²) in [6, 6.07) is 6.77. The first kappa shape index (κ1) is 25.3. The van der Waals surface area contributed by atoms with E-state index < -0.39 is 0 Å². The number of nitrogens with zero attached hydrogens (tertiary/aromatic N) is 1. The maximum Gasteiger partial charge on any atom is 0.0867 e. The molecule has 0 amide bonds. The lowest BCUT2D eigenvalue weighted by molar-refractivity contribution is 0.659. The molecular weight excluding hydrogens is 452 g/mol. The van der Waals surface area contributed by atoms with Gasteiger partial charge in [-0.1, -0.05) is 64.0 Å². The van der Waals surface area contributed by atoms with Crippen LogP contribution >= 0.6 is 23.1 Å². The summed E-state index contributed by atoms with van der Waals surface area (Å²) in [5.74, 6) is 1.24. The molecule has 0 unspecified atom stereocenters. The monoisotopic (exact) mass is 492 g/mol. The van der Waals surface area contributed by atoms with Gasteiger partial charge in [-0.05, 0) is 78.5 Å². The predicted octanol–water partition coefficient (Wildman–Crippen LogP) is 9.16. The van der Waals surface area contributed by atoms with Gasteiger partial charge in [0.05, 0.1) is 11.4 Å². The summed E-state index contributed by atoms with van der Waals surface area (Å²) in [7, 11) is 0. The molecule has 182 valence electrons.